The van der Waals surface area contributed by atoms with Crippen LogP contribution in [0.4, 0.5) is 4.39 Å². The van der Waals surface area contributed by atoms with Gasteiger partial charge in [0.15, 0.2) is 0 Å². The average Bonchev–Trinajstić information content (AvgIpc) is 2.97. The van der Waals surface area contributed by atoms with Crippen LogP contribution in [0.1, 0.15) is 40.9 Å². The summed E-state index contributed by atoms with van der Waals surface area (Å²) in [6.45, 7) is 4.93. The maximum absolute atomic E-state index is 13.0. The minimum Gasteiger partial charge on any atom is -0.331 e. The van der Waals surface area contributed by atoms with Crippen LogP contribution in [-0.2, 0) is 6.42 Å². The van der Waals surface area contributed by atoms with Gasteiger partial charge in [0.05, 0.1) is 11.0 Å². The number of thiazole rings is 1. The molecule has 0 saturated carbocycles. The predicted molar refractivity (Wildman–Crippen MR) is 93.6 cm³/mol. The minimum atomic E-state index is -0.281. The van der Waals surface area contributed by atoms with Crippen LogP contribution in [0.15, 0.2) is 29.6 Å². The molecule has 0 fully saturated rings. The Morgan fingerprint density at radius 2 is 2.04 bits per heavy atom. The molecule has 2 N–H and O–H groups in total. The summed E-state index contributed by atoms with van der Waals surface area (Å²) < 4.78 is 13.0. The van der Waals surface area contributed by atoms with Gasteiger partial charge in [-0.15, -0.1) is 23.7 Å². The normalized spacial score (nSPS) is 11.7. The molecule has 0 bridgehead atoms. The van der Waals surface area contributed by atoms with Gasteiger partial charge < -0.3 is 10.6 Å². The Kier molecular flexibility index (Phi) is 7.61. The number of aromatic nitrogens is 1. The summed E-state index contributed by atoms with van der Waals surface area (Å²) in [5.74, 6) is -0.393. The highest BCUT2D eigenvalue weighted by atomic mass is 35.5. The van der Waals surface area contributed by atoms with E-state index in [2.05, 4.69) is 4.98 Å². The molecule has 2 aromatic rings. The SMILES string of the molecule is CCN(C(=O)c1csc(CCN)n1)C(C)c1ccc(F)cc1.Cl. The summed E-state index contributed by atoms with van der Waals surface area (Å²) in [5.41, 5.74) is 6.85. The van der Waals surface area contributed by atoms with Gasteiger partial charge in [0.25, 0.3) is 5.91 Å². The van der Waals surface area contributed by atoms with Crippen LogP contribution in [0, 0.1) is 5.82 Å². The van der Waals surface area contributed by atoms with Crippen molar-refractivity contribution < 1.29 is 9.18 Å². The van der Waals surface area contributed by atoms with Crippen LogP contribution in [0.3, 0.4) is 0 Å². The highest BCUT2D eigenvalue weighted by Crippen LogP contribution is 2.23. The zero-order chi connectivity index (χ0) is 16.1. The minimum absolute atomic E-state index is 0. The van der Waals surface area contributed by atoms with E-state index in [0.717, 1.165) is 10.6 Å². The fourth-order valence-electron chi connectivity index (χ4n) is 2.31. The quantitative estimate of drug-likeness (QED) is 0.861. The number of nitrogens with two attached hydrogens (primary N) is 1. The maximum Gasteiger partial charge on any atom is 0.273 e. The molecule has 1 aromatic carbocycles. The standard InChI is InChI=1S/C16H20FN3OS.ClH/c1-3-20(11(2)12-4-6-13(17)7-5-12)16(21)14-10-22-15(19-14)8-9-18;/h4-7,10-11H,3,8-9,18H2,1-2H3;1H. The summed E-state index contributed by atoms with van der Waals surface area (Å²) in [6, 6.07) is 6.09. The molecule has 2 rings (SSSR count). The van der Waals surface area contributed by atoms with Crippen LogP contribution in [0.25, 0.3) is 0 Å². The lowest BCUT2D eigenvalue weighted by Gasteiger charge is -2.27. The van der Waals surface area contributed by atoms with Gasteiger partial charge in [0.2, 0.25) is 0 Å². The van der Waals surface area contributed by atoms with E-state index >= 15 is 0 Å². The lowest BCUT2D eigenvalue weighted by Crippen LogP contribution is -2.33. The topological polar surface area (TPSA) is 59.2 Å². The van der Waals surface area contributed by atoms with Gasteiger partial charge in [0, 0.05) is 18.3 Å². The zero-order valence-corrected chi connectivity index (χ0v) is 14.8. The largest absolute Gasteiger partial charge is 0.331 e. The van der Waals surface area contributed by atoms with Gasteiger partial charge >= 0.3 is 0 Å². The van der Waals surface area contributed by atoms with E-state index in [0.29, 0.717) is 25.2 Å². The third-order valence-electron chi connectivity index (χ3n) is 3.55. The molecule has 1 unspecified atom stereocenters. The molecule has 1 aromatic heterocycles. The van der Waals surface area contributed by atoms with Crippen molar-refractivity contribution >= 4 is 29.7 Å². The number of carbonyl (C=O) groups excluding carboxylic acids is 1. The summed E-state index contributed by atoms with van der Waals surface area (Å²) in [6.07, 6.45) is 0.678. The van der Waals surface area contributed by atoms with Crippen molar-refractivity contribution in [2.24, 2.45) is 5.73 Å². The number of hydrogen-bond acceptors (Lipinski definition) is 4. The molecule has 0 aliphatic heterocycles. The number of rotatable bonds is 6. The van der Waals surface area contributed by atoms with Crippen molar-refractivity contribution in [1.29, 1.82) is 0 Å². The van der Waals surface area contributed by atoms with Crippen molar-refractivity contribution in [2.75, 3.05) is 13.1 Å². The molecule has 1 heterocycles. The lowest BCUT2D eigenvalue weighted by molar-refractivity contribution is 0.0697. The van der Waals surface area contributed by atoms with Crippen molar-refractivity contribution in [2.45, 2.75) is 26.3 Å². The summed E-state index contributed by atoms with van der Waals surface area (Å²) in [4.78, 5) is 18.7. The van der Waals surface area contributed by atoms with Crippen LogP contribution >= 0.6 is 23.7 Å². The van der Waals surface area contributed by atoms with Crippen LogP contribution in [0.5, 0.6) is 0 Å². The lowest BCUT2D eigenvalue weighted by atomic mass is 10.1. The number of hydrogen-bond donors (Lipinski definition) is 1. The first-order valence-electron chi connectivity index (χ1n) is 7.27. The molecule has 0 aliphatic carbocycles. The van der Waals surface area contributed by atoms with Crippen LogP contribution < -0.4 is 5.73 Å². The highest BCUT2D eigenvalue weighted by Gasteiger charge is 2.23. The Labute approximate surface area is 145 Å². The molecule has 1 amide bonds. The van der Waals surface area contributed by atoms with E-state index in [9.17, 15) is 9.18 Å². The molecular weight excluding hydrogens is 337 g/mol. The van der Waals surface area contributed by atoms with Gasteiger partial charge in [0.1, 0.15) is 11.5 Å². The summed E-state index contributed by atoms with van der Waals surface area (Å²) in [5, 5.41) is 2.64. The molecular formula is C16H21ClFN3OS. The zero-order valence-electron chi connectivity index (χ0n) is 13.2. The second-order valence-electron chi connectivity index (χ2n) is 4.98. The van der Waals surface area contributed by atoms with Gasteiger partial charge in [-0.05, 0) is 38.1 Å². The summed E-state index contributed by atoms with van der Waals surface area (Å²) >= 11 is 1.45. The smallest absolute Gasteiger partial charge is 0.273 e. The fourth-order valence-corrected chi connectivity index (χ4v) is 3.10. The molecule has 126 valence electrons. The second kappa shape index (κ2) is 8.96. The van der Waals surface area contributed by atoms with Crippen molar-refractivity contribution in [3.05, 3.63) is 51.7 Å². The first-order valence-corrected chi connectivity index (χ1v) is 8.15. The molecule has 23 heavy (non-hydrogen) atoms. The molecule has 0 saturated heterocycles. The van der Waals surface area contributed by atoms with E-state index < -0.39 is 0 Å². The number of halogens is 2. The third kappa shape index (κ3) is 4.73. The monoisotopic (exact) mass is 357 g/mol. The fraction of sp³-hybridized carbons (Fsp3) is 0.375. The van der Waals surface area contributed by atoms with E-state index in [1.807, 2.05) is 13.8 Å². The molecule has 0 spiro atoms. The van der Waals surface area contributed by atoms with Crippen LogP contribution in [-0.4, -0.2) is 28.9 Å². The van der Waals surface area contributed by atoms with Gasteiger partial charge in [-0.3, -0.25) is 4.79 Å². The molecule has 4 nitrogen and oxygen atoms in total. The number of carbonyl (C=O) groups is 1. The summed E-state index contributed by atoms with van der Waals surface area (Å²) in [7, 11) is 0. The number of benzene rings is 1. The molecule has 0 radical (unpaired) electrons. The van der Waals surface area contributed by atoms with Crippen molar-refractivity contribution in [1.82, 2.24) is 9.88 Å². The third-order valence-corrected chi connectivity index (χ3v) is 4.46. The Bertz CT molecular complexity index is 633. The highest BCUT2D eigenvalue weighted by molar-refractivity contribution is 7.09. The second-order valence-corrected chi connectivity index (χ2v) is 5.93. The van der Waals surface area contributed by atoms with Gasteiger partial charge in [-0.1, -0.05) is 12.1 Å². The Morgan fingerprint density at radius 1 is 1.39 bits per heavy atom. The number of amides is 1. The first-order chi connectivity index (χ1) is 10.6. The first kappa shape index (κ1) is 19.5. The van der Waals surface area contributed by atoms with E-state index in [-0.39, 0.29) is 30.2 Å². The maximum atomic E-state index is 13.0. The molecule has 1 atom stereocenters. The van der Waals surface area contributed by atoms with Crippen molar-refractivity contribution in [3.63, 3.8) is 0 Å². The van der Waals surface area contributed by atoms with Gasteiger partial charge in [-0.25, -0.2) is 9.37 Å². The van der Waals surface area contributed by atoms with Gasteiger partial charge in [-0.2, -0.15) is 0 Å². The Hall–Kier alpha value is -1.50. The van der Waals surface area contributed by atoms with E-state index in [1.165, 1.54) is 23.5 Å². The molecule has 0 aliphatic rings. The van der Waals surface area contributed by atoms with E-state index in [4.69, 9.17) is 5.73 Å². The van der Waals surface area contributed by atoms with E-state index in [1.54, 1.807) is 22.4 Å². The Balaban J connectivity index is 0.00000264. The van der Waals surface area contributed by atoms with Crippen LogP contribution in [0.2, 0.25) is 0 Å². The van der Waals surface area contributed by atoms with Crippen molar-refractivity contribution in [3.8, 4) is 0 Å². The average molecular weight is 358 g/mol. The Morgan fingerprint density at radius 3 is 2.61 bits per heavy atom. The number of nitrogens with zero attached hydrogens (tertiary/aromatic N) is 2. The predicted octanol–water partition coefficient (Wildman–Crippen LogP) is 3.43. The molecule has 7 heteroatoms.